The van der Waals surface area contributed by atoms with Crippen molar-refractivity contribution in [2.24, 2.45) is 0 Å². The second-order valence-corrected chi connectivity index (χ2v) is 0. The average Bonchev–Trinajstić information content (AvgIpc) is 0. The zero-order chi connectivity index (χ0) is 0. The lowest BCUT2D eigenvalue weighted by Gasteiger charge is -0.345. The molecule has 0 aromatic rings. The molecule has 0 aliphatic carbocycles. The van der Waals surface area contributed by atoms with Gasteiger partial charge in [0.1, 0.15) is 0 Å². The summed E-state index contributed by atoms with van der Waals surface area (Å²) in [4.78, 5) is 0. The second kappa shape index (κ2) is 760. The Labute approximate surface area is 68.5 Å². The van der Waals surface area contributed by atoms with Crippen LogP contribution in [0.25, 0.3) is 0 Å². The van der Waals surface area contributed by atoms with E-state index in [9.17, 15) is 0 Å². The topological polar surface area (TPSA) is 175 Å². The van der Waals surface area contributed by atoms with Crippen LogP contribution in [0.3, 0.4) is 0 Å². The van der Waals surface area contributed by atoms with Crippen LogP contribution < -0.4 is 30.8 Å². The molecule has 0 radical (unpaired) electrons. The van der Waals surface area contributed by atoms with Gasteiger partial charge in [0.05, 0.1) is 0 Å². The molecule has 0 aliphatic heterocycles. The van der Waals surface area contributed by atoms with E-state index in [0.29, 0.717) is 0 Å². The van der Waals surface area contributed by atoms with Gasteiger partial charge in [0.15, 0.2) is 0 Å². The molecule has 0 amide bonds. The van der Waals surface area contributed by atoms with E-state index in [4.69, 9.17) is 0 Å². The van der Waals surface area contributed by atoms with Crippen LogP contribution in [-0.2, 0) is 0 Å². The molecule has 0 aromatic heterocycles. The molecule has 0 bridgehead atoms. The van der Waals surface area contributed by atoms with Gasteiger partial charge in [-0.05, 0) is 0 Å². The molecule has 0 heterocycles. The Kier molecular flexibility index (Phi) is 108000. The van der Waals surface area contributed by atoms with Gasteiger partial charge in [0.2, 0.25) is 0 Å². The monoisotopic (exact) mass is 193 g/mol. The van der Waals surface area contributed by atoms with Crippen molar-refractivity contribution in [3.05, 3.63) is 0 Å². The number of halogens is 3. The van der Waals surface area contributed by atoms with Crippen LogP contribution in [0.5, 0.6) is 0 Å². The summed E-state index contributed by atoms with van der Waals surface area (Å²) in [7, 11) is 0. The lowest BCUT2D eigenvalue weighted by Crippen LogP contribution is -0.482. The lowest BCUT2D eigenvalue weighted by atomic mass is 14.0. The Hall–Kier alpha value is 0.670. The summed E-state index contributed by atoms with van der Waals surface area (Å²) in [6.45, 7) is 0. The first-order valence-corrected chi connectivity index (χ1v) is 0. The highest BCUT2D eigenvalue weighted by molar-refractivity contribution is 5.86. The predicted molar refractivity (Wildman–Crippen MR) is 46.9 cm³/mol. The van der Waals surface area contributed by atoms with Gasteiger partial charge < -0.3 is 30.8 Å². The van der Waals surface area contributed by atoms with E-state index >= 15 is 0 Å². The molecule has 0 atom stereocenters. The average molecular weight is 195 g/mol. The first-order valence-electron chi connectivity index (χ1n) is 0. The van der Waals surface area contributed by atoms with Crippen molar-refractivity contribution < 1.29 is 0 Å². The van der Waals surface area contributed by atoms with Crippen molar-refractivity contribution in [3.8, 4) is 0 Å². The molecule has 64 valence electrons. The van der Waals surface area contributed by atoms with Gasteiger partial charge in [-0.3, -0.25) is 0 Å². The normalized spacial score (nSPS) is 0. The summed E-state index contributed by atoms with van der Waals surface area (Å²) in [5.74, 6) is 0. The Morgan fingerprint density at radius 2 is 0.250 bits per heavy atom. The number of hydrogen-bond donors (Lipinski definition) is 5. The largest absolute Gasteiger partial charge is 0.344 e. The standard InChI is InChI=1S/3ClH.5H3N/h3*1H;5*1H3. The third kappa shape index (κ3) is 478. The Bertz CT molecular complexity index is 7.64. The molecule has 15 N–H and O–H groups in total. The first-order chi connectivity index (χ1) is 0. The maximum absolute atomic E-state index is 0. The van der Waals surface area contributed by atoms with Crippen molar-refractivity contribution in [2.75, 3.05) is 0 Å². The minimum absolute atomic E-state index is 0. The van der Waals surface area contributed by atoms with E-state index in [0.717, 1.165) is 0 Å². The highest BCUT2D eigenvalue weighted by Crippen LogP contribution is 0.692. The molecule has 0 saturated carbocycles. The first kappa shape index (κ1) is 1140. The van der Waals surface area contributed by atoms with Crippen molar-refractivity contribution >= 4 is 37.2 Å². The fourth-order valence-electron chi connectivity index (χ4n) is 0. The van der Waals surface area contributed by atoms with Gasteiger partial charge in [0, 0.05) is 0 Å². The summed E-state index contributed by atoms with van der Waals surface area (Å²) >= 11 is 0. The van der Waals surface area contributed by atoms with Crippen molar-refractivity contribution in [3.63, 3.8) is 0 Å². The van der Waals surface area contributed by atoms with Crippen LogP contribution in [0.1, 0.15) is 0 Å². The number of rotatable bonds is 0. The Balaban J connectivity index is 0. The third-order valence-electron chi connectivity index (χ3n) is 0. The fourth-order valence-corrected chi connectivity index (χ4v) is 0. The van der Waals surface area contributed by atoms with E-state index < -0.39 is 0 Å². The van der Waals surface area contributed by atoms with Gasteiger partial charge in [-0.1, -0.05) is 0 Å². The quantitative estimate of drug-likeness (QED) is 0.396. The van der Waals surface area contributed by atoms with Gasteiger partial charge in [-0.15, -0.1) is 37.2 Å². The molecule has 0 aliphatic rings. The molecule has 5 nitrogen and oxygen atoms in total. The summed E-state index contributed by atoms with van der Waals surface area (Å²) in [5.41, 5.74) is 0. The van der Waals surface area contributed by atoms with Crippen molar-refractivity contribution in [1.29, 1.82) is 0 Å². The van der Waals surface area contributed by atoms with Gasteiger partial charge >= 0.3 is 0 Å². The van der Waals surface area contributed by atoms with Gasteiger partial charge in [0.25, 0.3) is 0 Å². The van der Waals surface area contributed by atoms with Crippen LogP contribution >= 0.6 is 37.2 Å². The molecule has 8 heavy (non-hydrogen) atoms. The molecule has 0 saturated heterocycles. The van der Waals surface area contributed by atoms with Crippen LogP contribution in [0.2, 0.25) is 0 Å². The summed E-state index contributed by atoms with van der Waals surface area (Å²) in [6, 6.07) is 0. The second-order valence-electron chi connectivity index (χ2n) is 0. The summed E-state index contributed by atoms with van der Waals surface area (Å²) in [5, 5.41) is 0. The molecule has 0 unspecified atom stereocenters. The SMILES string of the molecule is Cl.Cl.Cl.N.N.N.N.N. The van der Waals surface area contributed by atoms with E-state index in [2.05, 4.69) is 0 Å². The maximum atomic E-state index is 0. The predicted octanol–water partition coefficient (Wildman–Crippen LogP) is 2.08. The van der Waals surface area contributed by atoms with Crippen LogP contribution in [-0.4, -0.2) is 0 Å². The van der Waals surface area contributed by atoms with Crippen molar-refractivity contribution in [1.82, 2.24) is 30.8 Å². The maximum Gasteiger partial charge on any atom is -0.147 e. The smallest absolute Gasteiger partial charge is 0.147 e. The Morgan fingerprint density at radius 1 is 0.250 bits per heavy atom. The van der Waals surface area contributed by atoms with E-state index in [1.807, 2.05) is 0 Å². The molecular formula is H18Cl3N5. The molecular weight excluding hydrogens is 176 g/mol. The van der Waals surface area contributed by atoms with Gasteiger partial charge in [-0.2, -0.15) is 0 Å². The van der Waals surface area contributed by atoms with E-state index in [1.54, 1.807) is 0 Å². The van der Waals surface area contributed by atoms with E-state index in [1.165, 1.54) is 0 Å². The molecule has 0 aromatic carbocycles. The van der Waals surface area contributed by atoms with Crippen LogP contribution in [0, 0.1) is 0 Å². The van der Waals surface area contributed by atoms with E-state index in [-0.39, 0.29) is 68.0 Å². The molecule has 0 fully saturated rings. The number of hydrogen-bond acceptors (Lipinski definition) is 5. The summed E-state index contributed by atoms with van der Waals surface area (Å²) < 4.78 is 0. The highest BCUT2D eigenvalue weighted by atomic mass is 35.5. The van der Waals surface area contributed by atoms with Gasteiger partial charge in [-0.25, -0.2) is 0 Å². The Morgan fingerprint density at radius 3 is 0.250 bits per heavy atom. The minimum Gasteiger partial charge on any atom is -0.344 e. The minimum atomic E-state index is 0. The molecule has 8 heteroatoms. The fraction of sp³-hybridized carbons (Fsp3) is 0. The van der Waals surface area contributed by atoms with Crippen LogP contribution in [0.4, 0.5) is 0 Å². The van der Waals surface area contributed by atoms with Crippen molar-refractivity contribution in [2.45, 2.75) is 0 Å². The molecule has 0 spiro atoms. The van der Waals surface area contributed by atoms with Crippen LogP contribution in [0.15, 0.2) is 0 Å². The zero-order valence-electron chi connectivity index (χ0n) is 4.76. The highest BCUT2D eigenvalue weighted by Gasteiger charge is -0.145. The lowest BCUT2D eigenvalue weighted by molar-refractivity contribution is 2.13. The third-order valence-corrected chi connectivity index (χ3v) is 0. The zero-order valence-corrected chi connectivity index (χ0v) is 7.21. The molecule has 0 rings (SSSR count). The summed E-state index contributed by atoms with van der Waals surface area (Å²) in [6.07, 6.45) is 0.